The summed E-state index contributed by atoms with van der Waals surface area (Å²) in [5.41, 5.74) is 5.40. The number of piperazine rings is 1. The minimum absolute atomic E-state index is 0.0978. The SMILES string of the molecule is CC(C1CC1)N1CCNCC1C(N)=O. The molecule has 2 aliphatic rings. The number of rotatable bonds is 3. The second kappa shape index (κ2) is 3.87. The maximum Gasteiger partial charge on any atom is 0.236 e. The third kappa shape index (κ3) is 1.91. The molecule has 1 saturated carbocycles. The summed E-state index contributed by atoms with van der Waals surface area (Å²) >= 11 is 0. The van der Waals surface area contributed by atoms with Crippen molar-refractivity contribution in [2.24, 2.45) is 11.7 Å². The van der Waals surface area contributed by atoms with Crippen LogP contribution in [0.4, 0.5) is 0 Å². The van der Waals surface area contributed by atoms with E-state index < -0.39 is 0 Å². The van der Waals surface area contributed by atoms with Crippen LogP contribution in [0.1, 0.15) is 19.8 Å². The number of amides is 1. The van der Waals surface area contributed by atoms with E-state index in [2.05, 4.69) is 17.1 Å². The number of nitrogens with two attached hydrogens (primary N) is 1. The van der Waals surface area contributed by atoms with Crippen molar-refractivity contribution in [1.29, 1.82) is 0 Å². The van der Waals surface area contributed by atoms with Crippen molar-refractivity contribution in [3.8, 4) is 0 Å². The normalized spacial score (nSPS) is 31.4. The highest BCUT2D eigenvalue weighted by molar-refractivity contribution is 5.80. The highest BCUT2D eigenvalue weighted by atomic mass is 16.1. The van der Waals surface area contributed by atoms with Crippen LogP contribution in [0.15, 0.2) is 0 Å². The van der Waals surface area contributed by atoms with Gasteiger partial charge in [-0.3, -0.25) is 9.69 Å². The summed E-state index contributed by atoms with van der Waals surface area (Å²) in [7, 11) is 0. The first-order valence-corrected chi connectivity index (χ1v) is 5.46. The predicted molar refractivity (Wildman–Crippen MR) is 54.7 cm³/mol. The Balaban J connectivity index is 2.01. The fourth-order valence-electron chi connectivity index (χ4n) is 2.32. The standard InChI is InChI=1S/C10H19N3O/c1-7(8-2-3-8)13-5-4-12-6-9(13)10(11)14/h7-9,12H,2-6H2,1H3,(H2,11,14). The number of hydrogen-bond donors (Lipinski definition) is 2. The summed E-state index contributed by atoms with van der Waals surface area (Å²) < 4.78 is 0. The Morgan fingerprint density at radius 3 is 2.86 bits per heavy atom. The Labute approximate surface area is 84.8 Å². The molecule has 1 amide bonds. The van der Waals surface area contributed by atoms with Gasteiger partial charge in [-0.05, 0) is 25.7 Å². The van der Waals surface area contributed by atoms with Gasteiger partial charge in [0.15, 0.2) is 0 Å². The van der Waals surface area contributed by atoms with Crippen molar-refractivity contribution < 1.29 is 4.79 Å². The van der Waals surface area contributed by atoms with Crippen LogP contribution < -0.4 is 11.1 Å². The molecule has 1 aliphatic heterocycles. The molecule has 0 spiro atoms. The zero-order valence-corrected chi connectivity index (χ0v) is 8.70. The molecule has 0 aromatic heterocycles. The Bertz CT molecular complexity index is 227. The van der Waals surface area contributed by atoms with Gasteiger partial charge < -0.3 is 11.1 Å². The van der Waals surface area contributed by atoms with Gasteiger partial charge in [0, 0.05) is 25.7 Å². The third-order valence-electron chi connectivity index (χ3n) is 3.44. The molecule has 0 bridgehead atoms. The summed E-state index contributed by atoms with van der Waals surface area (Å²) in [6.45, 7) is 4.86. The first kappa shape index (κ1) is 9.93. The minimum atomic E-state index is -0.190. The zero-order valence-electron chi connectivity index (χ0n) is 8.70. The highest BCUT2D eigenvalue weighted by Crippen LogP contribution is 2.35. The van der Waals surface area contributed by atoms with E-state index in [4.69, 9.17) is 5.73 Å². The summed E-state index contributed by atoms with van der Waals surface area (Å²) in [6, 6.07) is 0.425. The van der Waals surface area contributed by atoms with E-state index in [0.29, 0.717) is 12.6 Å². The molecule has 2 rings (SSSR count). The molecule has 4 nitrogen and oxygen atoms in total. The number of carbonyl (C=O) groups excluding carboxylic acids is 1. The van der Waals surface area contributed by atoms with Crippen LogP contribution in [0, 0.1) is 5.92 Å². The molecule has 1 heterocycles. The van der Waals surface area contributed by atoms with Crippen LogP contribution in [-0.2, 0) is 4.79 Å². The van der Waals surface area contributed by atoms with Crippen molar-refractivity contribution in [1.82, 2.24) is 10.2 Å². The lowest BCUT2D eigenvalue weighted by molar-refractivity contribution is -0.124. The maximum atomic E-state index is 11.3. The van der Waals surface area contributed by atoms with Gasteiger partial charge in [-0.1, -0.05) is 0 Å². The average Bonchev–Trinajstić information content (AvgIpc) is 3.00. The van der Waals surface area contributed by atoms with E-state index in [1.807, 2.05) is 0 Å². The topological polar surface area (TPSA) is 58.4 Å². The number of hydrogen-bond acceptors (Lipinski definition) is 3. The van der Waals surface area contributed by atoms with E-state index in [-0.39, 0.29) is 11.9 Å². The smallest absolute Gasteiger partial charge is 0.236 e. The van der Waals surface area contributed by atoms with Crippen LogP contribution >= 0.6 is 0 Å². The van der Waals surface area contributed by atoms with Gasteiger partial charge in [0.1, 0.15) is 6.04 Å². The molecule has 2 fully saturated rings. The number of nitrogens with one attached hydrogen (secondary N) is 1. The quantitative estimate of drug-likeness (QED) is 0.644. The van der Waals surface area contributed by atoms with E-state index in [1.54, 1.807) is 0 Å². The molecule has 2 unspecified atom stereocenters. The average molecular weight is 197 g/mol. The van der Waals surface area contributed by atoms with Crippen LogP contribution in [-0.4, -0.2) is 42.5 Å². The Morgan fingerprint density at radius 1 is 1.57 bits per heavy atom. The van der Waals surface area contributed by atoms with Crippen LogP contribution in [0.2, 0.25) is 0 Å². The molecule has 80 valence electrons. The summed E-state index contributed by atoms with van der Waals surface area (Å²) in [4.78, 5) is 13.5. The van der Waals surface area contributed by atoms with Crippen molar-refractivity contribution >= 4 is 5.91 Å². The third-order valence-corrected chi connectivity index (χ3v) is 3.44. The van der Waals surface area contributed by atoms with E-state index >= 15 is 0 Å². The van der Waals surface area contributed by atoms with Crippen molar-refractivity contribution in [3.05, 3.63) is 0 Å². The Hall–Kier alpha value is -0.610. The van der Waals surface area contributed by atoms with Gasteiger partial charge in [-0.2, -0.15) is 0 Å². The van der Waals surface area contributed by atoms with Gasteiger partial charge in [-0.15, -0.1) is 0 Å². The molecule has 0 aromatic rings. The van der Waals surface area contributed by atoms with Crippen LogP contribution in [0.5, 0.6) is 0 Å². The summed E-state index contributed by atoms with van der Waals surface area (Å²) in [5.74, 6) is 0.611. The lowest BCUT2D eigenvalue weighted by Crippen LogP contribution is -2.59. The van der Waals surface area contributed by atoms with Gasteiger partial charge in [0.2, 0.25) is 5.91 Å². The van der Waals surface area contributed by atoms with Gasteiger partial charge >= 0.3 is 0 Å². The molecule has 3 N–H and O–H groups in total. The molecule has 4 heteroatoms. The lowest BCUT2D eigenvalue weighted by Gasteiger charge is -2.38. The molecular formula is C10H19N3O. The highest BCUT2D eigenvalue weighted by Gasteiger charge is 2.37. The maximum absolute atomic E-state index is 11.3. The minimum Gasteiger partial charge on any atom is -0.368 e. The van der Waals surface area contributed by atoms with Crippen LogP contribution in [0.3, 0.4) is 0 Å². The first-order chi connectivity index (χ1) is 6.70. The monoisotopic (exact) mass is 197 g/mol. The fraction of sp³-hybridized carbons (Fsp3) is 0.900. The Morgan fingerprint density at radius 2 is 2.29 bits per heavy atom. The number of primary amides is 1. The molecule has 1 aliphatic carbocycles. The second-order valence-electron chi connectivity index (χ2n) is 4.44. The van der Waals surface area contributed by atoms with Crippen molar-refractivity contribution in [2.45, 2.75) is 31.8 Å². The summed E-state index contributed by atoms with van der Waals surface area (Å²) in [6.07, 6.45) is 2.63. The summed E-state index contributed by atoms with van der Waals surface area (Å²) in [5, 5.41) is 3.22. The zero-order chi connectivity index (χ0) is 10.1. The first-order valence-electron chi connectivity index (χ1n) is 5.46. The molecule has 14 heavy (non-hydrogen) atoms. The second-order valence-corrected chi connectivity index (χ2v) is 4.44. The number of nitrogens with zero attached hydrogens (tertiary/aromatic N) is 1. The predicted octanol–water partition coefficient (Wildman–Crippen LogP) is -0.456. The van der Waals surface area contributed by atoms with Gasteiger partial charge in [0.05, 0.1) is 0 Å². The van der Waals surface area contributed by atoms with Crippen LogP contribution in [0.25, 0.3) is 0 Å². The molecular weight excluding hydrogens is 178 g/mol. The largest absolute Gasteiger partial charge is 0.368 e. The molecule has 0 aromatic carbocycles. The molecule has 0 radical (unpaired) electrons. The fourth-order valence-corrected chi connectivity index (χ4v) is 2.32. The lowest BCUT2D eigenvalue weighted by atomic mass is 10.1. The van der Waals surface area contributed by atoms with Gasteiger partial charge in [0.25, 0.3) is 0 Å². The number of carbonyl (C=O) groups is 1. The van der Waals surface area contributed by atoms with Gasteiger partial charge in [-0.25, -0.2) is 0 Å². The Kier molecular flexibility index (Phi) is 2.74. The molecule has 1 saturated heterocycles. The van der Waals surface area contributed by atoms with E-state index in [0.717, 1.165) is 19.0 Å². The molecule has 2 atom stereocenters. The van der Waals surface area contributed by atoms with E-state index in [9.17, 15) is 4.79 Å². The van der Waals surface area contributed by atoms with E-state index in [1.165, 1.54) is 12.8 Å². The van der Waals surface area contributed by atoms with Crippen molar-refractivity contribution in [2.75, 3.05) is 19.6 Å². The van der Waals surface area contributed by atoms with Crippen molar-refractivity contribution in [3.63, 3.8) is 0 Å².